The maximum Gasteiger partial charge on any atom is 0.225 e. The quantitative estimate of drug-likeness (QED) is 0.792. The lowest BCUT2D eigenvalue weighted by Crippen LogP contribution is -2.23. The van der Waals surface area contributed by atoms with Crippen molar-refractivity contribution < 1.29 is 0 Å². The highest BCUT2D eigenvalue weighted by Gasteiger charge is 2.11. The van der Waals surface area contributed by atoms with Gasteiger partial charge in [-0.25, -0.2) is 9.97 Å². The number of aromatic nitrogens is 3. The van der Waals surface area contributed by atoms with Gasteiger partial charge in [-0.15, -0.1) is 0 Å². The van der Waals surface area contributed by atoms with Gasteiger partial charge >= 0.3 is 0 Å². The highest BCUT2D eigenvalue weighted by Crippen LogP contribution is 2.21. The largest absolute Gasteiger partial charge is 0.361 e. The molecule has 0 fully saturated rings. The second-order valence-electron chi connectivity index (χ2n) is 4.57. The SMILES string of the molecule is CCN(Cc1c[nH]c2ccccc12)c1ncc(Br)cn1. The average molecular weight is 331 g/mol. The molecule has 5 heteroatoms. The van der Waals surface area contributed by atoms with E-state index in [4.69, 9.17) is 0 Å². The summed E-state index contributed by atoms with van der Waals surface area (Å²) in [6.45, 7) is 3.77. The van der Waals surface area contributed by atoms with E-state index in [0.717, 1.165) is 29.0 Å². The van der Waals surface area contributed by atoms with Gasteiger partial charge in [0.15, 0.2) is 0 Å². The molecule has 0 radical (unpaired) electrons. The van der Waals surface area contributed by atoms with Gasteiger partial charge in [0.25, 0.3) is 0 Å². The van der Waals surface area contributed by atoms with Crippen LogP contribution in [0.5, 0.6) is 0 Å². The Bertz CT molecular complexity index is 705. The summed E-state index contributed by atoms with van der Waals surface area (Å²) < 4.78 is 0.893. The van der Waals surface area contributed by atoms with E-state index >= 15 is 0 Å². The fraction of sp³-hybridized carbons (Fsp3) is 0.200. The number of nitrogens with one attached hydrogen (secondary N) is 1. The molecule has 0 aliphatic heterocycles. The summed E-state index contributed by atoms with van der Waals surface area (Å²) in [7, 11) is 0. The van der Waals surface area contributed by atoms with Gasteiger partial charge in [0.05, 0.1) is 4.47 Å². The number of para-hydroxylation sites is 1. The number of fused-ring (bicyclic) bond motifs is 1. The minimum Gasteiger partial charge on any atom is -0.361 e. The smallest absolute Gasteiger partial charge is 0.225 e. The first-order valence-corrected chi connectivity index (χ1v) is 7.34. The third-order valence-electron chi connectivity index (χ3n) is 3.31. The molecule has 4 nitrogen and oxygen atoms in total. The molecule has 0 aliphatic rings. The Morgan fingerprint density at radius 2 is 1.95 bits per heavy atom. The fourth-order valence-electron chi connectivity index (χ4n) is 2.26. The van der Waals surface area contributed by atoms with Crippen molar-refractivity contribution in [2.24, 2.45) is 0 Å². The standard InChI is InChI=1S/C15H15BrN4/c1-2-20(15-18-8-12(16)9-19-15)10-11-7-17-14-6-4-3-5-13(11)14/h3-9,17H,2,10H2,1H3. The van der Waals surface area contributed by atoms with Crippen LogP contribution in [0.4, 0.5) is 5.95 Å². The molecule has 0 bridgehead atoms. The summed E-state index contributed by atoms with van der Waals surface area (Å²) in [6, 6.07) is 8.33. The van der Waals surface area contributed by atoms with Gasteiger partial charge in [-0.2, -0.15) is 0 Å². The molecule has 0 amide bonds. The van der Waals surface area contributed by atoms with E-state index in [1.54, 1.807) is 12.4 Å². The number of benzene rings is 1. The van der Waals surface area contributed by atoms with Gasteiger partial charge < -0.3 is 9.88 Å². The van der Waals surface area contributed by atoms with Crippen LogP contribution in [0.2, 0.25) is 0 Å². The number of nitrogens with zero attached hydrogens (tertiary/aromatic N) is 3. The molecular formula is C15H15BrN4. The zero-order chi connectivity index (χ0) is 13.9. The molecule has 3 aromatic rings. The number of halogens is 1. The first-order chi connectivity index (χ1) is 9.78. The molecule has 1 aromatic carbocycles. The van der Waals surface area contributed by atoms with Crippen molar-refractivity contribution in [2.45, 2.75) is 13.5 Å². The van der Waals surface area contributed by atoms with Crippen LogP contribution in [0, 0.1) is 0 Å². The Morgan fingerprint density at radius 1 is 1.20 bits per heavy atom. The van der Waals surface area contributed by atoms with Gasteiger partial charge in [-0.1, -0.05) is 18.2 Å². The molecule has 0 atom stereocenters. The average Bonchev–Trinajstić information content (AvgIpc) is 2.89. The second-order valence-corrected chi connectivity index (χ2v) is 5.49. The van der Waals surface area contributed by atoms with Crippen molar-refractivity contribution in [2.75, 3.05) is 11.4 Å². The van der Waals surface area contributed by atoms with Crippen molar-refractivity contribution in [3.8, 4) is 0 Å². The van der Waals surface area contributed by atoms with Crippen LogP contribution in [-0.2, 0) is 6.54 Å². The normalized spacial score (nSPS) is 10.9. The Morgan fingerprint density at radius 3 is 2.70 bits per heavy atom. The predicted octanol–water partition coefficient (Wildman–Crippen LogP) is 3.75. The second kappa shape index (κ2) is 5.63. The Labute approximate surface area is 126 Å². The van der Waals surface area contributed by atoms with Crippen LogP contribution in [0.15, 0.2) is 47.3 Å². The highest BCUT2D eigenvalue weighted by molar-refractivity contribution is 9.10. The lowest BCUT2D eigenvalue weighted by atomic mass is 10.1. The van der Waals surface area contributed by atoms with E-state index in [1.807, 2.05) is 6.07 Å². The van der Waals surface area contributed by atoms with Crippen LogP contribution < -0.4 is 4.90 Å². The van der Waals surface area contributed by atoms with E-state index in [9.17, 15) is 0 Å². The molecule has 0 unspecified atom stereocenters. The summed E-state index contributed by atoms with van der Waals surface area (Å²) in [5.74, 6) is 0.751. The van der Waals surface area contributed by atoms with Crippen LogP contribution in [0.3, 0.4) is 0 Å². The third kappa shape index (κ3) is 2.54. The summed E-state index contributed by atoms with van der Waals surface area (Å²) >= 11 is 3.36. The monoisotopic (exact) mass is 330 g/mol. The van der Waals surface area contributed by atoms with Gasteiger partial charge in [-0.3, -0.25) is 0 Å². The molecule has 0 saturated heterocycles. The highest BCUT2D eigenvalue weighted by atomic mass is 79.9. The van der Waals surface area contributed by atoms with Crippen LogP contribution in [-0.4, -0.2) is 21.5 Å². The van der Waals surface area contributed by atoms with Crippen molar-refractivity contribution >= 4 is 32.8 Å². The third-order valence-corrected chi connectivity index (χ3v) is 3.72. The molecule has 3 rings (SSSR count). The maximum atomic E-state index is 4.37. The van der Waals surface area contributed by atoms with Crippen molar-refractivity contribution in [1.29, 1.82) is 0 Å². The van der Waals surface area contributed by atoms with Gasteiger partial charge in [0.1, 0.15) is 0 Å². The molecule has 2 heterocycles. The molecule has 0 aliphatic carbocycles. The Kier molecular flexibility index (Phi) is 3.69. The number of H-pyrrole nitrogens is 1. The van der Waals surface area contributed by atoms with Gasteiger partial charge in [0.2, 0.25) is 5.95 Å². The predicted molar refractivity (Wildman–Crippen MR) is 84.8 cm³/mol. The number of rotatable bonds is 4. The molecular weight excluding hydrogens is 316 g/mol. The van der Waals surface area contributed by atoms with E-state index in [-0.39, 0.29) is 0 Å². The number of hydrogen-bond donors (Lipinski definition) is 1. The van der Waals surface area contributed by atoms with E-state index in [1.165, 1.54) is 10.9 Å². The summed E-state index contributed by atoms with van der Waals surface area (Å²) in [6.07, 6.45) is 5.62. The number of anilines is 1. The molecule has 1 N–H and O–H groups in total. The lowest BCUT2D eigenvalue weighted by Gasteiger charge is -2.20. The van der Waals surface area contributed by atoms with E-state index in [0.29, 0.717) is 0 Å². The first kappa shape index (κ1) is 13.1. The number of hydrogen-bond acceptors (Lipinski definition) is 3. The fourth-order valence-corrected chi connectivity index (χ4v) is 2.47. The van der Waals surface area contributed by atoms with Crippen molar-refractivity contribution in [1.82, 2.24) is 15.0 Å². The molecule has 102 valence electrons. The molecule has 20 heavy (non-hydrogen) atoms. The first-order valence-electron chi connectivity index (χ1n) is 6.55. The minimum atomic E-state index is 0.751. The van der Waals surface area contributed by atoms with Gasteiger partial charge in [0, 0.05) is 42.6 Å². The van der Waals surface area contributed by atoms with Crippen molar-refractivity contribution in [3.63, 3.8) is 0 Å². The Balaban J connectivity index is 1.89. The maximum absolute atomic E-state index is 4.37. The zero-order valence-electron chi connectivity index (χ0n) is 11.2. The summed E-state index contributed by atoms with van der Waals surface area (Å²) in [5.41, 5.74) is 2.42. The van der Waals surface area contributed by atoms with E-state index in [2.05, 4.69) is 67.1 Å². The van der Waals surface area contributed by atoms with E-state index < -0.39 is 0 Å². The van der Waals surface area contributed by atoms with Crippen molar-refractivity contribution in [3.05, 3.63) is 52.9 Å². The topological polar surface area (TPSA) is 44.8 Å². The van der Waals surface area contributed by atoms with Crippen LogP contribution in [0.1, 0.15) is 12.5 Å². The summed E-state index contributed by atoms with van der Waals surface area (Å²) in [4.78, 5) is 14.2. The van der Waals surface area contributed by atoms with Crippen LogP contribution >= 0.6 is 15.9 Å². The summed E-state index contributed by atoms with van der Waals surface area (Å²) in [5, 5.41) is 1.25. The van der Waals surface area contributed by atoms with Gasteiger partial charge in [-0.05, 0) is 34.5 Å². The minimum absolute atomic E-state index is 0.751. The van der Waals surface area contributed by atoms with Crippen LogP contribution in [0.25, 0.3) is 10.9 Å². The Hall–Kier alpha value is -1.88. The lowest BCUT2D eigenvalue weighted by molar-refractivity contribution is 0.794. The molecule has 0 spiro atoms. The zero-order valence-corrected chi connectivity index (χ0v) is 12.8. The number of aromatic amines is 1. The molecule has 0 saturated carbocycles. The molecule has 2 aromatic heterocycles.